The van der Waals surface area contributed by atoms with Gasteiger partial charge in [0.1, 0.15) is 5.82 Å². The normalized spacial score (nSPS) is 26.1. The van der Waals surface area contributed by atoms with Gasteiger partial charge >= 0.3 is 0 Å². The monoisotopic (exact) mass is 248 g/mol. The first-order valence-electron chi connectivity index (χ1n) is 6.96. The van der Waals surface area contributed by atoms with Gasteiger partial charge in [0.05, 0.1) is 12.2 Å². The molecule has 0 spiro atoms. The highest BCUT2D eigenvalue weighted by molar-refractivity contribution is 5.40. The molecule has 100 valence electrons. The molecular formula is C15H24N2O. The summed E-state index contributed by atoms with van der Waals surface area (Å²) in [6.07, 6.45) is 3.75. The van der Waals surface area contributed by atoms with E-state index in [2.05, 4.69) is 49.7 Å². The van der Waals surface area contributed by atoms with E-state index >= 15 is 0 Å². The van der Waals surface area contributed by atoms with Gasteiger partial charge in [0.15, 0.2) is 0 Å². The quantitative estimate of drug-likeness (QED) is 0.821. The molecule has 3 heteroatoms. The maximum Gasteiger partial charge on any atom is 0.128 e. The van der Waals surface area contributed by atoms with Crippen LogP contribution in [0, 0.1) is 0 Å². The van der Waals surface area contributed by atoms with Crippen LogP contribution in [0.4, 0.5) is 5.82 Å². The summed E-state index contributed by atoms with van der Waals surface area (Å²) in [4.78, 5) is 6.93. The minimum Gasteiger partial charge on any atom is -0.372 e. The Labute approximate surface area is 110 Å². The summed E-state index contributed by atoms with van der Waals surface area (Å²) in [5.74, 6) is 1.66. The molecule has 2 rings (SSSR count). The van der Waals surface area contributed by atoms with Gasteiger partial charge in [-0.25, -0.2) is 4.98 Å². The highest BCUT2D eigenvalue weighted by atomic mass is 16.5. The van der Waals surface area contributed by atoms with Crippen LogP contribution in [0.1, 0.15) is 45.6 Å². The Morgan fingerprint density at radius 3 is 2.50 bits per heavy atom. The smallest absolute Gasteiger partial charge is 0.128 e. The molecule has 1 fully saturated rings. The van der Waals surface area contributed by atoms with Crippen LogP contribution in [0.2, 0.25) is 0 Å². The van der Waals surface area contributed by atoms with E-state index in [1.165, 1.54) is 5.56 Å². The summed E-state index contributed by atoms with van der Waals surface area (Å²) in [6.45, 7) is 10.6. The zero-order chi connectivity index (χ0) is 13.1. The zero-order valence-corrected chi connectivity index (χ0v) is 11.9. The number of morpholine rings is 1. The lowest BCUT2D eigenvalue weighted by Gasteiger charge is -2.36. The summed E-state index contributed by atoms with van der Waals surface area (Å²) in [6, 6.07) is 4.35. The molecule has 1 saturated heterocycles. The number of ether oxygens (including phenoxy) is 1. The summed E-state index contributed by atoms with van der Waals surface area (Å²) < 4.78 is 5.75. The lowest BCUT2D eigenvalue weighted by Crippen LogP contribution is -2.45. The molecule has 1 aliphatic rings. The van der Waals surface area contributed by atoms with E-state index in [1.54, 1.807) is 0 Å². The van der Waals surface area contributed by atoms with E-state index in [-0.39, 0.29) is 12.2 Å². The second kappa shape index (κ2) is 5.70. The fourth-order valence-electron chi connectivity index (χ4n) is 2.48. The Bertz CT molecular complexity index is 367. The fraction of sp³-hybridized carbons (Fsp3) is 0.667. The van der Waals surface area contributed by atoms with Gasteiger partial charge in [0.25, 0.3) is 0 Å². The summed E-state index contributed by atoms with van der Waals surface area (Å²) in [5.41, 5.74) is 1.33. The highest BCUT2D eigenvalue weighted by Gasteiger charge is 2.23. The maximum absolute atomic E-state index is 5.75. The Morgan fingerprint density at radius 2 is 2.00 bits per heavy atom. The molecule has 0 aromatic carbocycles. The van der Waals surface area contributed by atoms with Gasteiger partial charge in [-0.3, -0.25) is 0 Å². The first-order valence-corrected chi connectivity index (χ1v) is 6.96. The average Bonchev–Trinajstić information content (AvgIpc) is 2.37. The minimum absolute atomic E-state index is 0.282. The van der Waals surface area contributed by atoms with E-state index in [0.29, 0.717) is 5.92 Å². The van der Waals surface area contributed by atoms with E-state index in [0.717, 1.165) is 25.3 Å². The number of nitrogens with zero attached hydrogens (tertiary/aromatic N) is 2. The van der Waals surface area contributed by atoms with E-state index in [1.807, 2.05) is 6.20 Å². The topological polar surface area (TPSA) is 25.4 Å². The van der Waals surface area contributed by atoms with Gasteiger partial charge in [-0.2, -0.15) is 0 Å². The van der Waals surface area contributed by atoms with Crippen molar-refractivity contribution in [1.29, 1.82) is 0 Å². The molecule has 1 aromatic rings. The molecule has 0 aliphatic carbocycles. The lowest BCUT2D eigenvalue weighted by atomic mass is 10.0. The van der Waals surface area contributed by atoms with Crippen LogP contribution >= 0.6 is 0 Å². The van der Waals surface area contributed by atoms with Crippen molar-refractivity contribution in [3.8, 4) is 0 Å². The van der Waals surface area contributed by atoms with Crippen molar-refractivity contribution in [3.05, 3.63) is 23.9 Å². The van der Waals surface area contributed by atoms with Crippen molar-refractivity contribution < 1.29 is 4.74 Å². The molecule has 0 amide bonds. The molecule has 0 radical (unpaired) electrons. The molecule has 18 heavy (non-hydrogen) atoms. The second-order valence-electron chi connectivity index (χ2n) is 5.42. The van der Waals surface area contributed by atoms with Crippen molar-refractivity contribution >= 4 is 5.82 Å². The van der Waals surface area contributed by atoms with Crippen molar-refractivity contribution in [1.82, 2.24) is 4.98 Å². The standard InChI is InChI=1S/C15H24N2O/c1-5-11(2)14-6-7-15(16-8-14)17-9-12(3)18-13(4)10-17/h6-8,11-13H,5,9-10H2,1-4H3/t11?,12-,13+. The molecular weight excluding hydrogens is 224 g/mol. The van der Waals surface area contributed by atoms with Gasteiger partial charge in [-0.1, -0.05) is 19.9 Å². The van der Waals surface area contributed by atoms with Gasteiger partial charge < -0.3 is 9.64 Å². The number of hydrogen-bond donors (Lipinski definition) is 0. The first kappa shape index (κ1) is 13.3. The molecule has 3 nitrogen and oxygen atoms in total. The Morgan fingerprint density at radius 1 is 1.33 bits per heavy atom. The van der Waals surface area contributed by atoms with E-state index in [9.17, 15) is 0 Å². The van der Waals surface area contributed by atoms with Crippen molar-refractivity contribution in [3.63, 3.8) is 0 Å². The second-order valence-corrected chi connectivity index (χ2v) is 5.42. The van der Waals surface area contributed by atoms with Crippen LogP contribution in [0.5, 0.6) is 0 Å². The first-order chi connectivity index (χ1) is 8.60. The fourth-order valence-corrected chi connectivity index (χ4v) is 2.48. The predicted molar refractivity (Wildman–Crippen MR) is 75.2 cm³/mol. The van der Waals surface area contributed by atoms with Crippen molar-refractivity contribution in [2.75, 3.05) is 18.0 Å². The maximum atomic E-state index is 5.75. The molecule has 0 N–H and O–H groups in total. The van der Waals surface area contributed by atoms with Crippen LogP contribution in [0.15, 0.2) is 18.3 Å². The van der Waals surface area contributed by atoms with Crippen molar-refractivity contribution in [2.24, 2.45) is 0 Å². The number of aromatic nitrogens is 1. The van der Waals surface area contributed by atoms with Crippen LogP contribution < -0.4 is 4.90 Å². The number of rotatable bonds is 3. The van der Waals surface area contributed by atoms with Crippen LogP contribution in [0.3, 0.4) is 0 Å². The molecule has 1 unspecified atom stereocenters. The third kappa shape index (κ3) is 3.02. The summed E-state index contributed by atoms with van der Waals surface area (Å²) >= 11 is 0. The number of anilines is 1. The Hall–Kier alpha value is -1.09. The van der Waals surface area contributed by atoms with Gasteiger partial charge in [-0.05, 0) is 37.8 Å². The lowest BCUT2D eigenvalue weighted by molar-refractivity contribution is -0.00545. The Kier molecular flexibility index (Phi) is 4.23. The molecule has 1 aromatic heterocycles. The highest BCUT2D eigenvalue weighted by Crippen LogP contribution is 2.22. The summed E-state index contributed by atoms with van der Waals surface area (Å²) in [7, 11) is 0. The van der Waals surface area contributed by atoms with E-state index < -0.39 is 0 Å². The van der Waals surface area contributed by atoms with Gasteiger partial charge in [-0.15, -0.1) is 0 Å². The minimum atomic E-state index is 0.282. The molecule has 2 heterocycles. The number of pyridine rings is 1. The van der Waals surface area contributed by atoms with Gasteiger partial charge in [0.2, 0.25) is 0 Å². The summed E-state index contributed by atoms with van der Waals surface area (Å²) in [5, 5.41) is 0. The molecule has 0 saturated carbocycles. The zero-order valence-electron chi connectivity index (χ0n) is 11.9. The van der Waals surface area contributed by atoms with E-state index in [4.69, 9.17) is 4.74 Å². The average molecular weight is 248 g/mol. The Balaban J connectivity index is 2.09. The van der Waals surface area contributed by atoms with Crippen molar-refractivity contribution in [2.45, 2.75) is 52.2 Å². The van der Waals surface area contributed by atoms with Gasteiger partial charge in [0, 0.05) is 19.3 Å². The molecule has 1 aliphatic heterocycles. The molecule has 0 bridgehead atoms. The predicted octanol–water partition coefficient (Wildman–Crippen LogP) is 3.21. The third-order valence-corrected chi connectivity index (χ3v) is 3.70. The number of hydrogen-bond acceptors (Lipinski definition) is 3. The van der Waals surface area contributed by atoms with Crippen LogP contribution in [-0.4, -0.2) is 30.3 Å². The van der Waals surface area contributed by atoms with Crippen LogP contribution in [-0.2, 0) is 4.74 Å². The molecule has 3 atom stereocenters. The van der Waals surface area contributed by atoms with Crippen LogP contribution in [0.25, 0.3) is 0 Å². The largest absolute Gasteiger partial charge is 0.372 e. The SMILES string of the molecule is CCC(C)c1ccc(N2C[C@@H](C)O[C@@H](C)C2)nc1. The third-order valence-electron chi connectivity index (χ3n) is 3.70.